The molecule has 6 heteroatoms. The van der Waals surface area contributed by atoms with E-state index in [1.807, 2.05) is 18.3 Å². The highest BCUT2D eigenvalue weighted by atomic mass is 32.2. The van der Waals surface area contributed by atoms with Crippen LogP contribution in [0, 0.1) is 17.2 Å². The van der Waals surface area contributed by atoms with E-state index in [2.05, 4.69) is 24.9 Å². The summed E-state index contributed by atoms with van der Waals surface area (Å²) >= 11 is 1.60. The lowest BCUT2D eigenvalue weighted by Gasteiger charge is -2.41. The normalized spacial score (nSPS) is 20.7. The molecule has 5 nitrogen and oxygen atoms in total. The highest BCUT2D eigenvalue weighted by Gasteiger charge is 2.40. The Labute approximate surface area is 157 Å². The van der Waals surface area contributed by atoms with Crippen molar-refractivity contribution in [3.63, 3.8) is 0 Å². The number of hydrogen-bond donors (Lipinski definition) is 0. The third-order valence-corrected chi connectivity index (χ3v) is 7.10. The topological polar surface area (TPSA) is 71.6 Å². The molecule has 0 spiro atoms. The van der Waals surface area contributed by atoms with E-state index in [1.54, 1.807) is 16.3 Å². The number of aromatic nitrogens is 3. The van der Waals surface area contributed by atoms with Gasteiger partial charge in [-0.15, -0.1) is 0 Å². The summed E-state index contributed by atoms with van der Waals surface area (Å²) in [6, 6.07) is 5.96. The van der Waals surface area contributed by atoms with Crippen molar-refractivity contribution in [1.82, 2.24) is 14.5 Å². The van der Waals surface area contributed by atoms with Gasteiger partial charge in [0.25, 0.3) is 5.56 Å². The smallest absolute Gasteiger partial charge is 0.272 e. The van der Waals surface area contributed by atoms with Crippen LogP contribution < -0.4 is 5.56 Å². The summed E-state index contributed by atoms with van der Waals surface area (Å²) in [7, 11) is 0. The van der Waals surface area contributed by atoms with Crippen molar-refractivity contribution < 1.29 is 0 Å². The SMILES string of the molecule is CCC1(c2ncccc2-c2nc3n(c(=O)c2C#N)CC(C)CS3)CCC1. The van der Waals surface area contributed by atoms with Crippen LogP contribution in [-0.4, -0.2) is 20.3 Å². The van der Waals surface area contributed by atoms with Crippen molar-refractivity contribution >= 4 is 11.8 Å². The first-order valence-corrected chi connectivity index (χ1v) is 10.2. The van der Waals surface area contributed by atoms with E-state index < -0.39 is 0 Å². The Balaban J connectivity index is 1.94. The van der Waals surface area contributed by atoms with Crippen LogP contribution in [0.3, 0.4) is 0 Å². The van der Waals surface area contributed by atoms with E-state index in [0.717, 1.165) is 41.4 Å². The van der Waals surface area contributed by atoms with Gasteiger partial charge in [0.05, 0.1) is 11.4 Å². The van der Waals surface area contributed by atoms with Crippen molar-refractivity contribution in [3.8, 4) is 17.3 Å². The fraction of sp³-hybridized carbons (Fsp3) is 0.500. The van der Waals surface area contributed by atoms with E-state index in [4.69, 9.17) is 4.98 Å². The summed E-state index contributed by atoms with van der Waals surface area (Å²) in [6.07, 6.45) is 6.22. The van der Waals surface area contributed by atoms with Gasteiger partial charge in [-0.3, -0.25) is 14.3 Å². The second kappa shape index (κ2) is 6.55. The minimum Gasteiger partial charge on any atom is -0.286 e. The van der Waals surface area contributed by atoms with E-state index in [0.29, 0.717) is 18.2 Å². The lowest BCUT2D eigenvalue weighted by molar-refractivity contribution is 0.228. The average Bonchev–Trinajstić information content (AvgIpc) is 2.62. The van der Waals surface area contributed by atoms with Gasteiger partial charge >= 0.3 is 0 Å². The Morgan fingerprint density at radius 2 is 2.27 bits per heavy atom. The van der Waals surface area contributed by atoms with Gasteiger partial charge in [0, 0.05) is 29.5 Å². The molecule has 3 heterocycles. The summed E-state index contributed by atoms with van der Waals surface area (Å²) in [4.78, 5) is 22.4. The number of thioether (sulfide) groups is 1. The number of nitrogens with zero attached hydrogens (tertiary/aromatic N) is 4. The van der Waals surface area contributed by atoms with Gasteiger partial charge in [0.15, 0.2) is 5.16 Å². The first-order valence-electron chi connectivity index (χ1n) is 9.23. The zero-order chi connectivity index (χ0) is 18.3. The quantitative estimate of drug-likeness (QED) is 0.774. The van der Waals surface area contributed by atoms with Gasteiger partial charge in [-0.25, -0.2) is 4.98 Å². The summed E-state index contributed by atoms with van der Waals surface area (Å²) in [6.45, 7) is 4.93. The molecule has 1 unspecified atom stereocenters. The van der Waals surface area contributed by atoms with Gasteiger partial charge in [-0.2, -0.15) is 5.26 Å². The van der Waals surface area contributed by atoms with E-state index >= 15 is 0 Å². The summed E-state index contributed by atoms with van der Waals surface area (Å²) in [5.41, 5.74) is 2.33. The van der Waals surface area contributed by atoms with E-state index in [1.165, 1.54) is 6.42 Å². The molecule has 0 bridgehead atoms. The average molecular weight is 366 g/mol. The number of hydrogen-bond acceptors (Lipinski definition) is 5. The predicted octanol–water partition coefficient (Wildman–Crippen LogP) is 3.75. The third kappa shape index (κ3) is 2.57. The van der Waals surface area contributed by atoms with Crippen LogP contribution in [0.15, 0.2) is 28.3 Å². The molecule has 1 saturated carbocycles. The van der Waals surface area contributed by atoms with Crippen LogP contribution in [0.2, 0.25) is 0 Å². The number of fused-ring (bicyclic) bond motifs is 1. The fourth-order valence-corrected chi connectivity index (χ4v) is 5.07. The fourth-order valence-electron chi connectivity index (χ4n) is 4.06. The highest BCUT2D eigenvalue weighted by Crippen LogP contribution is 2.48. The molecule has 1 atom stereocenters. The molecule has 134 valence electrons. The van der Waals surface area contributed by atoms with Crippen LogP contribution in [0.25, 0.3) is 11.3 Å². The second-order valence-corrected chi connectivity index (χ2v) is 8.44. The molecule has 0 N–H and O–H groups in total. The van der Waals surface area contributed by atoms with Crippen LogP contribution in [0.4, 0.5) is 0 Å². The number of nitriles is 1. The molecule has 1 aliphatic heterocycles. The Morgan fingerprint density at radius 1 is 1.46 bits per heavy atom. The molecule has 26 heavy (non-hydrogen) atoms. The number of pyridine rings is 1. The minimum absolute atomic E-state index is 0.0543. The van der Waals surface area contributed by atoms with Crippen LogP contribution >= 0.6 is 11.8 Å². The largest absolute Gasteiger partial charge is 0.286 e. The molecule has 2 aliphatic rings. The van der Waals surface area contributed by atoms with Crippen LogP contribution in [0.1, 0.15) is 50.8 Å². The molecule has 1 fully saturated rings. The first kappa shape index (κ1) is 17.3. The predicted molar refractivity (Wildman–Crippen MR) is 102 cm³/mol. The Morgan fingerprint density at radius 3 is 2.92 bits per heavy atom. The van der Waals surface area contributed by atoms with Crippen molar-refractivity contribution in [1.29, 1.82) is 5.26 Å². The molecular weight excluding hydrogens is 344 g/mol. The monoisotopic (exact) mass is 366 g/mol. The standard InChI is InChI=1S/C20H22N4OS/c1-3-20(7-5-8-20)17-14(6-4-9-22-17)16-15(10-21)18(25)24-11-13(2)12-26-19(24)23-16/h4,6,9,13H,3,5,7-8,11-12H2,1-2H3. The maximum Gasteiger partial charge on any atom is 0.272 e. The van der Waals surface area contributed by atoms with Gasteiger partial charge in [-0.05, 0) is 37.3 Å². The van der Waals surface area contributed by atoms with Gasteiger partial charge in [0.1, 0.15) is 11.6 Å². The molecule has 0 aromatic carbocycles. The Bertz CT molecular complexity index is 950. The molecule has 0 radical (unpaired) electrons. The summed E-state index contributed by atoms with van der Waals surface area (Å²) < 4.78 is 1.66. The zero-order valence-corrected chi connectivity index (χ0v) is 16.0. The lowest BCUT2D eigenvalue weighted by atomic mass is 9.63. The van der Waals surface area contributed by atoms with Crippen molar-refractivity contribution in [2.75, 3.05) is 5.75 Å². The lowest BCUT2D eigenvalue weighted by Crippen LogP contribution is -2.36. The number of rotatable bonds is 3. The minimum atomic E-state index is -0.222. The molecule has 1 aliphatic carbocycles. The molecule has 2 aromatic rings. The van der Waals surface area contributed by atoms with Crippen molar-refractivity contribution in [2.45, 2.75) is 56.6 Å². The summed E-state index contributed by atoms with van der Waals surface area (Å²) in [5.74, 6) is 1.34. The van der Waals surface area contributed by atoms with E-state index in [9.17, 15) is 10.1 Å². The molecule has 0 saturated heterocycles. The second-order valence-electron chi connectivity index (χ2n) is 7.45. The maximum absolute atomic E-state index is 13.0. The Kier molecular flexibility index (Phi) is 4.36. The van der Waals surface area contributed by atoms with Gasteiger partial charge in [-0.1, -0.05) is 32.0 Å². The Hall–Kier alpha value is -2.13. The first-order chi connectivity index (χ1) is 12.6. The van der Waals surface area contributed by atoms with Gasteiger partial charge < -0.3 is 0 Å². The molecule has 2 aromatic heterocycles. The van der Waals surface area contributed by atoms with Gasteiger partial charge in [0.2, 0.25) is 0 Å². The molecule has 0 amide bonds. The zero-order valence-electron chi connectivity index (χ0n) is 15.2. The highest BCUT2D eigenvalue weighted by molar-refractivity contribution is 7.99. The van der Waals surface area contributed by atoms with Crippen LogP contribution in [0.5, 0.6) is 0 Å². The summed E-state index contributed by atoms with van der Waals surface area (Å²) in [5, 5.41) is 10.4. The maximum atomic E-state index is 13.0. The third-order valence-electron chi connectivity index (χ3n) is 5.79. The molecule has 4 rings (SSSR count). The molecular formula is C20H22N4OS. The van der Waals surface area contributed by atoms with E-state index in [-0.39, 0.29) is 16.5 Å². The van der Waals surface area contributed by atoms with Crippen molar-refractivity contribution in [2.24, 2.45) is 5.92 Å². The van der Waals surface area contributed by atoms with Crippen LogP contribution in [-0.2, 0) is 12.0 Å². The van der Waals surface area contributed by atoms with Crippen molar-refractivity contribution in [3.05, 3.63) is 39.9 Å².